The second kappa shape index (κ2) is 4.82. The van der Waals surface area contributed by atoms with Crippen molar-refractivity contribution < 1.29 is 19.2 Å². The van der Waals surface area contributed by atoms with Gasteiger partial charge in [-0.3, -0.25) is 15.0 Å². The fourth-order valence-corrected chi connectivity index (χ4v) is 3.95. The van der Waals surface area contributed by atoms with Crippen LogP contribution >= 0.6 is 0 Å². The van der Waals surface area contributed by atoms with Crippen LogP contribution in [-0.4, -0.2) is 45.4 Å². The number of hydrogen-bond acceptors (Lipinski definition) is 5. The van der Waals surface area contributed by atoms with E-state index in [1.165, 1.54) is 0 Å². The van der Waals surface area contributed by atoms with Crippen molar-refractivity contribution in [2.45, 2.75) is 78.3 Å². The lowest BCUT2D eigenvalue weighted by molar-refractivity contribution is -0.545. The fourth-order valence-electron chi connectivity index (χ4n) is 3.95. The van der Waals surface area contributed by atoms with Crippen molar-refractivity contribution in [3.8, 4) is 0 Å². The molecule has 1 amide bonds. The van der Waals surface area contributed by atoms with Gasteiger partial charge in [-0.1, -0.05) is 13.8 Å². The van der Waals surface area contributed by atoms with Crippen LogP contribution in [0.4, 0.5) is 4.79 Å². The molecule has 0 N–H and O–H groups in total. The third-order valence-corrected chi connectivity index (χ3v) is 5.48. The topological polar surface area (TPSA) is 81.9 Å². The Hall–Kier alpha value is -1.37. The highest BCUT2D eigenvalue weighted by molar-refractivity contribution is 5.70. The average molecular weight is 328 g/mol. The molecular formula is C16H28N2O5. The number of nitro groups is 1. The molecule has 2 aliphatic rings. The maximum absolute atomic E-state index is 12.7. The molecule has 2 rings (SSSR count). The Labute approximate surface area is 137 Å². The highest BCUT2D eigenvalue weighted by Crippen LogP contribution is 2.66. The van der Waals surface area contributed by atoms with Crippen molar-refractivity contribution >= 4 is 6.09 Å². The lowest BCUT2D eigenvalue weighted by Gasteiger charge is -2.35. The number of hydrogen-bond donors (Lipinski definition) is 0. The molecule has 0 spiro atoms. The van der Waals surface area contributed by atoms with Crippen molar-refractivity contribution in [1.29, 1.82) is 0 Å². The van der Waals surface area contributed by atoms with E-state index in [2.05, 4.69) is 0 Å². The molecule has 23 heavy (non-hydrogen) atoms. The number of nitrogens with zero attached hydrogens (tertiary/aromatic N) is 2. The van der Waals surface area contributed by atoms with E-state index in [9.17, 15) is 14.9 Å². The third-order valence-electron chi connectivity index (χ3n) is 5.48. The summed E-state index contributed by atoms with van der Waals surface area (Å²) in [5, 5.41) is 11.6. The molecule has 7 heteroatoms. The molecule has 132 valence electrons. The van der Waals surface area contributed by atoms with Crippen molar-refractivity contribution in [3.63, 3.8) is 0 Å². The molecule has 0 aromatic heterocycles. The largest absolute Gasteiger partial charge is 0.444 e. The second-order valence-electron chi connectivity index (χ2n) is 8.78. The van der Waals surface area contributed by atoms with Gasteiger partial charge in [0.25, 0.3) is 0 Å². The standard InChI is InChI=1S/C16H28N2O5/c1-13(2,3)23-12(19)17-10(9-22-15(17,6)7)11-14(4,5)16(11,8)18(20)21/h10-11H,9H2,1-8H3/t10-,11+,16+/m0/s1. The highest BCUT2D eigenvalue weighted by Gasteiger charge is 2.82. The first-order valence-corrected chi connectivity index (χ1v) is 7.97. The molecule has 3 atom stereocenters. The van der Waals surface area contributed by atoms with Gasteiger partial charge in [-0.25, -0.2) is 4.79 Å². The van der Waals surface area contributed by atoms with Crippen LogP contribution in [0.3, 0.4) is 0 Å². The van der Waals surface area contributed by atoms with E-state index in [-0.39, 0.29) is 23.5 Å². The smallest absolute Gasteiger partial charge is 0.412 e. The van der Waals surface area contributed by atoms with E-state index in [1.54, 1.807) is 46.4 Å². The van der Waals surface area contributed by atoms with Gasteiger partial charge in [-0.05, 0) is 34.6 Å². The van der Waals surface area contributed by atoms with E-state index >= 15 is 0 Å². The van der Waals surface area contributed by atoms with E-state index in [0.717, 1.165) is 0 Å². The first-order valence-electron chi connectivity index (χ1n) is 7.97. The summed E-state index contributed by atoms with van der Waals surface area (Å²) in [7, 11) is 0. The maximum Gasteiger partial charge on any atom is 0.412 e. The molecule has 0 unspecified atom stereocenters. The zero-order valence-corrected chi connectivity index (χ0v) is 15.3. The Morgan fingerprint density at radius 3 is 2.17 bits per heavy atom. The van der Waals surface area contributed by atoms with Gasteiger partial charge in [0.2, 0.25) is 5.54 Å². The van der Waals surface area contributed by atoms with E-state index in [0.29, 0.717) is 0 Å². The predicted molar refractivity (Wildman–Crippen MR) is 84.6 cm³/mol. The van der Waals surface area contributed by atoms with Gasteiger partial charge in [0.15, 0.2) is 0 Å². The Balaban J connectivity index is 2.32. The van der Waals surface area contributed by atoms with Crippen LogP contribution < -0.4 is 0 Å². The van der Waals surface area contributed by atoms with Crippen LogP contribution in [-0.2, 0) is 9.47 Å². The molecule has 1 aliphatic heterocycles. The van der Waals surface area contributed by atoms with E-state index < -0.39 is 28.4 Å². The molecule has 1 aliphatic carbocycles. The number of rotatable bonds is 2. The average Bonchev–Trinajstić information content (AvgIpc) is 2.61. The maximum atomic E-state index is 12.7. The summed E-state index contributed by atoms with van der Waals surface area (Å²) in [6.45, 7) is 14.6. The van der Waals surface area contributed by atoms with Crippen LogP contribution in [0.15, 0.2) is 0 Å². The number of amides is 1. The summed E-state index contributed by atoms with van der Waals surface area (Å²) in [4.78, 5) is 25.5. The van der Waals surface area contributed by atoms with Gasteiger partial charge in [0.1, 0.15) is 11.3 Å². The van der Waals surface area contributed by atoms with Crippen molar-refractivity contribution in [3.05, 3.63) is 10.1 Å². The summed E-state index contributed by atoms with van der Waals surface area (Å²) in [6, 6.07) is -0.370. The van der Waals surface area contributed by atoms with Gasteiger partial charge in [-0.15, -0.1) is 0 Å². The molecule has 0 aromatic carbocycles. The normalized spacial score (nSPS) is 35.0. The lowest BCUT2D eigenvalue weighted by Crippen LogP contribution is -2.51. The van der Waals surface area contributed by atoms with Gasteiger partial charge in [-0.2, -0.15) is 0 Å². The zero-order valence-electron chi connectivity index (χ0n) is 15.3. The summed E-state index contributed by atoms with van der Waals surface area (Å²) < 4.78 is 11.3. The van der Waals surface area contributed by atoms with Crippen LogP contribution in [0.1, 0.15) is 55.4 Å². The Morgan fingerprint density at radius 1 is 1.26 bits per heavy atom. The molecule has 0 radical (unpaired) electrons. The second-order valence-corrected chi connectivity index (χ2v) is 8.78. The SMILES string of the molecule is CC(C)(C)OC(=O)N1[C@H]([C@@H]2C(C)(C)[C@]2(C)[N+](=O)[O-])COC1(C)C. The van der Waals surface area contributed by atoms with E-state index in [1.807, 2.05) is 13.8 Å². The van der Waals surface area contributed by atoms with Crippen LogP contribution in [0, 0.1) is 21.4 Å². The van der Waals surface area contributed by atoms with Crippen molar-refractivity contribution in [1.82, 2.24) is 4.90 Å². The van der Waals surface area contributed by atoms with Gasteiger partial charge in [0, 0.05) is 17.3 Å². The van der Waals surface area contributed by atoms with Crippen LogP contribution in [0.25, 0.3) is 0 Å². The molecule has 2 fully saturated rings. The Kier molecular flexibility index (Phi) is 3.76. The zero-order chi connectivity index (χ0) is 18.0. The third kappa shape index (κ3) is 2.58. The first kappa shape index (κ1) is 18.0. The van der Waals surface area contributed by atoms with E-state index in [4.69, 9.17) is 9.47 Å². The van der Waals surface area contributed by atoms with Gasteiger partial charge < -0.3 is 9.47 Å². The predicted octanol–water partition coefficient (Wildman–Crippen LogP) is 3.05. The summed E-state index contributed by atoms with van der Waals surface area (Å²) in [5.74, 6) is -0.278. The minimum Gasteiger partial charge on any atom is -0.444 e. The molecular weight excluding hydrogens is 300 g/mol. The fraction of sp³-hybridized carbons (Fsp3) is 0.938. The van der Waals surface area contributed by atoms with Crippen LogP contribution in [0.2, 0.25) is 0 Å². The minimum absolute atomic E-state index is 0.226. The van der Waals surface area contributed by atoms with Crippen molar-refractivity contribution in [2.24, 2.45) is 11.3 Å². The van der Waals surface area contributed by atoms with Crippen LogP contribution in [0.5, 0.6) is 0 Å². The Bertz CT molecular complexity index is 537. The highest BCUT2D eigenvalue weighted by atomic mass is 16.6. The first-order chi connectivity index (χ1) is 10.2. The Morgan fingerprint density at radius 2 is 1.78 bits per heavy atom. The summed E-state index contributed by atoms with van der Waals surface area (Å²) in [5.41, 5.74) is -3.05. The molecule has 1 saturated carbocycles. The lowest BCUT2D eigenvalue weighted by atomic mass is 10.0. The quantitative estimate of drug-likeness (QED) is 0.575. The molecule has 1 saturated heterocycles. The molecule has 0 aromatic rings. The van der Waals surface area contributed by atoms with Crippen molar-refractivity contribution in [2.75, 3.05) is 6.61 Å². The monoisotopic (exact) mass is 328 g/mol. The molecule has 7 nitrogen and oxygen atoms in total. The summed E-state index contributed by atoms with van der Waals surface area (Å²) >= 11 is 0. The number of carbonyl (C=O) groups excluding carboxylic acids is 1. The number of carbonyl (C=O) groups is 1. The van der Waals surface area contributed by atoms with Gasteiger partial charge in [0.05, 0.1) is 18.6 Å². The minimum atomic E-state index is -1.07. The summed E-state index contributed by atoms with van der Waals surface area (Å²) in [6.07, 6.45) is -0.488. The number of ether oxygens (including phenoxy) is 2. The molecule has 1 heterocycles. The molecule has 0 bridgehead atoms. The van der Waals surface area contributed by atoms with Gasteiger partial charge >= 0.3 is 6.09 Å².